The van der Waals surface area contributed by atoms with Gasteiger partial charge in [-0.3, -0.25) is 4.90 Å². The van der Waals surface area contributed by atoms with Crippen LogP contribution in [0.3, 0.4) is 0 Å². The second kappa shape index (κ2) is 4.71. The number of nitrogens with two attached hydrogens (primary N) is 1. The van der Waals surface area contributed by atoms with Gasteiger partial charge in [0.25, 0.3) is 0 Å². The fraction of sp³-hybridized carbons (Fsp3) is 0.500. The SMILES string of the molecule is CC1CC(c2cnc3ccccn23)CN1CCN. The van der Waals surface area contributed by atoms with Crippen LogP contribution in [0.2, 0.25) is 0 Å². The number of rotatable bonds is 3. The molecule has 0 amide bonds. The molecule has 1 aliphatic rings. The van der Waals surface area contributed by atoms with E-state index in [2.05, 4.69) is 39.5 Å². The molecule has 4 heteroatoms. The second-order valence-corrected chi connectivity index (χ2v) is 5.18. The van der Waals surface area contributed by atoms with Crippen LogP contribution >= 0.6 is 0 Å². The highest BCUT2D eigenvalue weighted by molar-refractivity contribution is 5.40. The molecule has 1 aliphatic heterocycles. The van der Waals surface area contributed by atoms with Gasteiger partial charge in [-0.05, 0) is 25.5 Å². The van der Waals surface area contributed by atoms with E-state index in [4.69, 9.17) is 5.73 Å². The minimum Gasteiger partial charge on any atom is -0.329 e. The Kier molecular flexibility index (Phi) is 3.06. The number of aromatic nitrogens is 2. The van der Waals surface area contributed by atoms with E-state index >= 15 is 0 Å². The van der Waals surface area contributed by atoms with Gasteiger partial charge in [-0.1, -0.05) is 6.07 Å². The molecule has 3 heterocycles. The molecule has 4 nitrogen and oxygen atoms in total. The highest BCUT2D eigenvalue weighted by Gasteiger charge is 2.30. The summed E-state index contributed by atoms with van der Waals surface area (Å²) in [7, 11) is 0. The number of hydrogen-bond acceptors (Lipinski definition) is 3. The average molecular weight is 244 g/mol. The van der Waals surface area contributed by atoms with Crippen LogP contribution in [0, 0.1) is 0 Å². The van der Waals surface area contributed by atoms with Gasteiger partial charge in [0, 0.05) is 49.7 Å². The maximum absolute atomic E-state index is 5.67. The van der Waals surface area contributed by atoms with E-state index in [1.807, 2.05) is 12.3 Å². The molecule has 2 atom stereocenters. The summed E-state index contributed by atoms with van der Waals surface area (Å²) in [4.78, 5) is 6.96. The largest absolute Gasteiger partial charge is 0.329 e. The number of fused-ring (bicyclic) bond motifs is 1. The number of hydrogen-bond donors (Lipinski definition) is 1. The zero-order valence-corrected chi connectivity index (χ0v) is 10.8. The molecule has 0 radical (unpaired) electrons. The summed E-state index contributed by atoms with van der Waals surface area (Å²) in [5, 5.41) is 0. The van der Waals surface area contributed by atoms with Crippen LogP contribution in [0.1, 0.15) is 25.0 Å². The van der Waals surface area contributed by atoms with Gasteiger partial charge in [0.1, 0.15) is 5.65 Å². The predicted octanol–water partition coefficient (Wildman–Crippen LogP) is 1.47. The molecule has 2 unspecified atom stereocenters. The average Bonchev–Trinajstić information content (AvgIpc) is 2.94. The number of nitrogens with zero attached hydrogens (tertiary/aromatic N) is 3. The van der Waals surface area contributed by atoms with Gasteiger partial charge < -0.3 is 10.1 Å². The van der Waals surface area contributed by atoms with E-state index in [1.165, 1.54) is 12.1 Å². The van der Waals surface area contributed by atoms with Crippen LogP contribution in [-0.2, 0) is 0 Å². The Labute approximate surface area is 107 Å². The van der Waals surface area contributed by atoms with Gasteiger partial charge >= 0.3 is 0 Å². The fourth-order valence-electron chi connectivity index (χ4n) is 3.04. The molecule has 1 fully saturated rings. The summed E-state index contributed by atoms with van der Waals surface area (Å²) in [6.07, 6.45) is 5.33. The first-order chi connectivity index (χ1) is 8.79. The van der Waals surface area contributed by atoms with Crippen LogP contribution in [0.5, 0.6) is 0 Å². The van der Waals surface area contributed by atoms with Crippen molar-refractivity contribution in [2.24, 2.45) is 5.73 Å². The van der Waals surface area contributed by atoms with Crippen molar-refractivity contribution < 1.29 is 0 Å². The van der Waals surface area contributed by atoms with Crippen LogP contribution in [0.4, 0.5) is 0 Å². The monoisotopic (exact) mass is 244 g/mol. The first kappa shape index (κ1) is 11.7. The molecule has 0 bridgehead atoms. The molecule has 96 valence electrons. The van der Waals surface area contributed by atoms with Crippen LogP contribution in [0.25, 0.3) is 5.65 Å². The summed E-state index contributed by atoms with van der Waals surface area (Å²) < 4.78 is 2.21. The minimum atomic E-state index is 0.573. The Morgan fingerprint density at radius 2 is 2.33 bits per heavy atom. The summed E-state index contributed by atoms with van der Waals surface area (Å²) in [5.74, 6) is 0.573. The molecule has 2 N–H and O–H groups in total. The summed E-state index contributed by atoms with van der Waals surface area (Å²) in [6.45, 7) is 5.12. The van der Waals surface area contributed by atoms with Crippen molar-refractivity contribution in [1.82, 2.24) is 14.3 Å². The van der Waals surface area contributed by atoms with Crippen LogP contribution < -0.4 is 5.73 Å². The topological polar surface area (TPSA) is 46.6 Å². The van der Waals surface area contributed by atoms with Crippen LogP contribution in [-0.4, -0.2) is 40.0 Å². The third-order valence-corrected chi connectivity index (χ3v) is 3.98. The Balaban J connectivity index is 1.88. The van der Waals surface area contributed by atoms with Gasteiger partial charge in [0.15, 0.2) is 0 Å². The normalized spacial score (nSPS) is 25.0. The lowest BCUT2D eigenvalue weighted by Gasteiger charge is -2.19. The first-order valence-corrected chi connectivity index (χ1v) is 6.65. The summed E-state index contributed by atoms with van der Waals surface area (Å²) >= 11 is 0. The van der Waals surface area contributed by atoms with Crippen molar-refractivity contribution in [1.29, 1.82) is 0 Å². The van der Waals surface area contributed by atoms with Gasteiger partial charge in [0.2, 0.25) is 0 Å². The fourth-order valence-corrected chi connectivity index (χ4v) is 3.04. The zero-order chi connectivity index (χ0) is 12.5. The van der Waals surface area contributed by atoms with Crippen molar-refractivity contribution >= 4 is 5.65 Å². The maximum atomic E-state index is 5.67. The van der Waals surface area contributed by atoms with Gasteiger partial charge in [-0.15, -0.1) is 0 Å². The third-order valence-electron chi connectivity index (χ3n) is 3.98. The van der Waals surface area contributed by atoms with E-state index in [0.29, 0.717) is 12.0 Å². The van der Waals surface area contributed by atoms with E-state index in [0.717, 1.165) is 25.3 Å². The smallest absolute Gasteiger partial charge is 0.136 e. The van der Waals surface area contributed by atoms with Gasteiger partial charge in [-0.2, -0.15) is 0 Å². The van der Waals surface area contributed by atoms with E-state index in [1.54, 1.807) is 0 Å². The van der Waals surface area contributed by atoms with Crippen LogP contribution in [0.15, 0.2) is 30.6 Å². The molecule has 0 spiro atoms. The third kappa shape index (κ3) is 1.91. The first-order valence-electron chi connectivity index (χ1n) is 6.65. The van der Waals surface area contributed by atoms with Crippen molar-refractivity contribution in [3.05, 3.63) is 36.3 Å². The number of pyridine rings is 1. The molecule has 1 saturated heterocycles. The standard InChI is InChI=1S/C14H20N4/c1-11-8-12(10-17(11)7-5-15)13-9-16-14-4-2-3-6-18(13)14/h2-4,6,9,11-12H,5,7-8,10,15H2,1H3. The molecule has 0 aliphatic carbocycles. The van der Waals surface area contributed by atoms with Crippen molar-refractivity contribution in [3.8, 4) is 0 Å². The highest BCUT2D eigenvalue weighted by atomic mass is 15.2. The lowest BCUT2D eigenvalue weighted by molar-refractivity contribution is 0.275. The lowest BCUT2D eigenvalue weighted by Crippen LogP contribution is -2.32. The summed E-state index contributed by atoms with van der Waals surface area (Å²) in [5.41, 5.74) is 8.04. The Morgan fingerprint density at radius 3 is 3.17 bits per heavy atom. The highest BCUT2D eigenvalue weighted by Crippen LogP contribution is 2.31. The Bertz CT molecular complexity index is 533. The molecular formula is C14H20N4. The molecule has 2 aromatic rings. The predicted molar refractivity (Wildman–Crippen MR) is 72.6 cm³/mol. The maximum Gasteiger partial charge on any atom is 0.136 e. The molecule has 0 aromatic carbocycles. The van der Waals surface area contributed by atoms with Crippen molar-refractivity contribution in [2.75, 3.05) is 19.6 Å². The van der Waals surface area contributed by atoms with Gasteiger partial charge in [0.05, 0.1) is 0 Å². The molecule has 0 saturated carbocycles. The van der Waals surface area contributed by atoms with Crippen molar-refractivity contribution in [2.45, 2.75) is 25.3 Å². The van der Waals surface area contributed by atoms with Gasteiger partial charge in [-0.25, -0.2) is 4.98 Å². The zero-order valence-electron chi connectivity index (χ0n) is 10.8. The van der Waals surface area contributed by atoms with E-state index in [9.17, 15) is 0 Å². The minimum absolute atomic E-state index is 0.573. The molecular weight excluding hydrogens is 224 g/mol. The second-order valence-electron chi connectivity index (χ2n) is 5.18. The molecule has 3 rings (SSSR count). The number of likely N-dealkylation sites (tertiary alicyclic amines) is 1. The van der Waals surface area contributed by atoms with E-state index < -0.39 is 0 Å². The Hall–Kier alpha value is -1.39. The molecule has 2 aromatic heterocycles. The molecule has 18 heavy (non-hydrogen) atoms. The lowest BCUT2D eigenvalue weighted by atomic mass is 10.0. The quantitative estimate of drug-likeness (QED) is 0.889. The number of imidazole rings is 1. The van der Waals surface area contributed by atoms with Crippen molar-refractivity contribution in [3.63, 3.8) is 0 Å². The van der Waals surface area contributed by atoms with E-state index in [-0.39, 0.29) is 0 Å². The Morgan fingerprint density at radius 1 is 1.44 bits per heavy atom. The summed E-state index contributed by atoms with van der Waals surface area (Å²) in [6, 6.07) is 6.77.